The fraction of sp³-hybridized carbons (Fsp3) is 0.308. The van der Waals surface area contributed by atoms with Gasteiger partial charge < -0.3 is 14.6 Å². The third-order valence-corrected chi connectivity index (χ3v) is 6.93. The van der Waals surface area contributed by atoms with Crippen LogP contribution in [0.3, 0.4) is 0 Å². The molecule has 2 amide bonds. The Morgan fingerprint density at radius 3 is 2.26 bits per heavy atom. The highest BCUT2D eigenvalue weighted by Crippen LogP contribution is 2.17. The zero-order valence-electron chi connectivity index (χ0n) is 20.1. The lowest BCUT2D eigenvalue weighted by Crippen LogP contribution is -2.53. The van der Waals surface area contributed by atoms with Crippen molar-refractivity contribution >= 4 is 21.8 Å². The van der Waals surface area contributed by atoms with Gasteiger partial charge in [-0.2, -0.15) is 0 Å². The molecule has 0 bridgehead atoms. The molecule has 0 unspecified atom stereocenters. The molecule has 0 radical (unpaired) electrons. The van der Waals surface area contributed by atoms with Crippen LogP contribution < -0.4 is 10.0 Å². The number of furan rings is 1. The maximum Gasteiger partial charge on any atom is 0.243 e. The van der Waals surface area contributed by atoms with E-state index >= 15 is 0 Å². The predicted octanol–water partition coefficient (Wildman–Crippen LogP) is 3.24. The first kappa shape index (κ1) is 26.2. The highest BCUT2D eigenvalue weighted by atomic mass is 32.2. The number of nitrogens with one attached hydrogen (secondary N) is 2. The summed E-state index contributed by atoms with van der Waals surface area (Å²) < 4.78 is 33.2. The first-order valence-electron chi connectivity index (χ1n) is 11.4. The van der Waals surface area contributed by atoms with Gasteiger partial charge in [0.25, 0.3) is 0 Å². The Balaban J connectivity index is 1.78. The highest BCUT2D eigenvalue weighted by molar-refractivity contribution is 7.89. The van der Waals surface area contributed by atoms with Crippen LogP contribution in [0.15, 0.2) is 82.3 Å². The van der Waals surface area contributed by atoms with E-state index in [0.29, 0.717) is 12.3 Å². The zero-order valence-corrected chi connectivity index (χ0v) is 20.9. The fourth-order valence-corrected chi connectivity index (χ4v) is 4.64. The van der Waals surface area contributed by atoms with E-state index < -0.39 is 28.5 Å². The van der Waals surface area contributed by atoms with Crippen molar-refractivity contribution in [1.82, 2.24) is 14.9 Å². The maximum absolute atomic E-state index is 13.3. The first-order chi connectivity index (χ1) is 16.7. The molecular weight excluding hydrogens is 466 g/mol. The lowest BCUT2D eigenvalue weighted by molar-refractivity contribution is -0.142. The largest absolute Gasteiger partial charge is 0.467 e. The van der Waals surface area contributed by atoms with Gasteiger partial charge in [0, 0.05) is 6.54 Å². The average molecular weight is 498 g/mol. The van der Waals surface area contributed by atoms with Crippen LogP contribution in [0.2, 0.25) is 0 Å². The van der Waals surface area contributed by atoms with Gasteiger partial charge >= 0.3 is 0 Å². The Labute approximate surface area is 206 Å². The normalized spacial score (nSPS) is 12.3. The maximum atomic E-state index is 13.3. The van der Waals surface area contributed by atoms with Crippen LogP contribution in [0.1, 0.15) is 30.7 Å². The number of nitrogens with zero attached hydrogens (tertiary/aromatic N) is 1. The second-order valence-corrected chi connectivity index (χ2v) is 10.4. The molecule has 0 saturated heterocycles. The van der Waals surface area contributed by atoms with E-state index in [1.165, 1.54) is 23.3 Å². The van der Waals surface area contributed by atoms with Crippen LogP contribution in [0.5, 0.6) is 0 Å². The van der Waals surface area contributed by atoms with Crippen molar-refractivity contribution < 1.29 is 22.4 Å². The molecule has 2 N–H and O–H groups in total. The van der Waals surface area contributed by atoms with Crippen molar-refractivity contribution in [1.29, 1.82) is 0 Å². The van der Waals surface area contributed by atoms with Crippen LogP contribution in [-0.4, -0.2) is 37.7 Å². The van der Waals surface area contributed by atoms with Crippen molar-refractivity contribution in [3.05, 3.63) is 89.9 Å². The van der Waals surface area contributed by atoms with Gasteiger partial charge in [-0.15, -0.1) is 0 Å². The predicted molar refractivity (Wildman–Crippen MR) is 133 cm³/mol. The smallest absolute Gasteiger partial charge is 0.243 e. The second-order valence-electron chi connectivity index (χ2n) is 8.63. The van der Waals surface area contributed by atoms with Crippen molar-refractivity contribution in [2.45, 2.75) is 44.8 Å². The van der Waals surface area contributed by atoms with E-state index in [1.807, 2.05) is 51.1 Å². The number of benzene rings is 2. The van der Waals surface area contributed by atoms with Gasteiger partial charge in [0.05, 0.1) is 24.2 Å². The first-order valence-corrected chi connectivity index (χ1v) is 12.9. The number of hydrogen-bond acceptors (Lipinski definition) is 5. The van der Waals surface area contributed by atoms with E-state index in [1.54, 1.807) is 24.3 Å². The van der Waals surface area contributed by atoms with Crippen molar-refractivity contribution in [3.63, 3.8) is 0 Å². The SMILES string of the molecule is Cc1ccc(S(=O)(=O)NCC(=O)N(Cc2ccco2)[C@H](C(=O)NCc2ccccc2)C(C)C)cc1. The molecular formula is C26H31N3O5S. The lowest BCUT2D eigenvalue weighted by atomic mass is 10.0. The molecule has 1 atom stereocenters. The number of carbonyl (C=O) groups excluding carboxylic acids is 2. The Kier molecular flexibility index (Phi) is 8.84. The summed E-state index contributed by atoms with van der Waals surface area (Å²) in [6.07, 6.45) is 1.48. The zero-order chi connectivity index (χ0) is 25.4. The molecule has 35 heavy (non-hydrogen) atoms. The van der Waals surface area contributed by atoms with Gasteiger partial charge in [-0.1, -0.05) is 61.9 Å². The number of amides is 2. The molecule has 2 aromatic carbocycles. The van der Waals surface area contributed by atoms with Gasteiger partial charge in [0.1, 0.15) is 11.8 Å². The molecule has 0 aliphatic heterocycles. The quantitative estimate of drug-likeness (QED) is 0.423. The third kappa shape index (κ3) is 7.27. The Bertz CT molecular complexity index is 1210. The highest BCUT2D eigenvalue weighted by Gasteiger charge is 2.33. The van der Waals surface area contributed by atoms with E-state index in [2.05, 4.69) is 10.0 Å². The van der Waals surface area contributed by atoms with Gasteiger partial charge in [0.2, 0.25) is 21.8 Å². The van der Waals surface area contributed by atoms with Crippen LogP contribution in [0.4, 0.5) is 0 Å². The summed E-state index contributed by atoms with van der Waals surface area (Å²) in [6.45, 7) is 5.38. The third-order valence-electron chi connectivity index (χ3n) is 5.52. The Hall–Kier alpha value is -3.43. The van der Waals surface area contributed by atoms with E-state index in [4.69, 9.17) is 4.42 Å². The molecule has 8 nitrogen and oxygen atoms in total. The molecule has 0 aliphatic rings. The summed E-state index contributed by atoms with van der Waals surface area (Å²) in [5.41, 5.74) is 1.85. The van der Waals surface area contributed by atoms with Gasteiger partial charge in [-0.3, -0.25) is 9.59 Å². The van der Waals surface area contributed by atoms with E-state index in [-0.39, 0.29) is 23.3 Å². The molecule has 3 rings (SSSR count). The van der Waals surface area contributed by atoms with E-state index in [9.17, 15) is 18.0 Å². The minimum atomic E-state index is -3.90. The van der Waals surface area contributed by atoms with Crippen LogP contribution in [0.25, 0.3) is 0 Å². The molecule has 0 spiro atoms. The standard InChI is InChI=1S/C26H31N3O5S/c1-19(2)25(26(31)27-16-21-8-5-4-6-9-21)29(18-22-10-7-15-34-22)24(30)17-28-35(32,33)23-13-11-20(3)12-14-23/h4-15,19,25,28H,16-18H2,1-3H3,(H,27,31)/t25-/m0/s1. The number of carbonyl (C=O) groups is 2. The average Bonchev–Trinajstić information content (AvgIpc) is 3.35. The van der Waals surface area contributed by atoms with Gasteiger partial charge in [-0.05, 0) is 42.7 Å². The summed E-state index contributed by atoms with van der Waals surface area (Å²) in [7, 11) is -3.90. The lowest BCUT2D eigenvalue weighted by Gasteiger charge is -2.33. The van der Waals surface area contributed by atoms with Crippen LogP contribution >= 0.6 is 0 Å². The fourth-order valence-electron chi connectivity index (χ4n) is 3.66. The number of sulfonamides is 1. The monoisotopic (exact) mass is 497 g/mol. The molecule has 3 aromatic rings. The molecule has 1 aromatic heterocycles. The summed E-state index contributed by atoms with van der Waals surface area (Å²) in [5.74, 6) is -0.615. The van der Waals surface area contributed by atoms with Crippen molar-refractivity contribution in [3.8, 4) is 0 Å². The summed E-state index contributed by atoms with van der Waals surface area (Å²) in [4.78, 5) is 27.9. The van der Waals surface area contributed by atoms with Crippen molar-refractivity contribution in [2.75, 3.05) is 6.54 Å². The van der Waals surface area contributed by atoms with Gasteiger partial charge in [-0.25, -0.2) is 13.1 Å². The van der Waals surface area contributed by atoms with E-state index in [0.717, 1.165) is 11.1 Å². The molecule has 1 heterocycles. The number of rotatable bonds is 11. The Morgan fingerprint density at radius 1 is 0.971 bits per heavy atom. The summed E-state index contributed by atoms with van der Waals surface area (Å²) in [5, 5.41) is 2.90. The molecule has 9 heteroatoms. The Morgan fingerprint density at radius 2 is 1.66 bits per heavy atom. The molecule has 0 saturated carbocycles. The van der Waals surface area contributed by atoms with Gasteiger partial charge in [0.15, 0.2) is 0 Å². The number of aryl methyl sites for hydroxylation is 1. The molecule has 186 valence electrons. The van der Waals surface area contributed by atoms with Crippen LogP contribution in [0, 0.1) is 12.8 Å². The number of hydrogen-bond donors (Lipinski definition) is 2. The van der Waals surface area contributed by atoms with Crippen LogP contribution in [-0.2, 0) is 32.7 Å². The molecule has 0 fully saturated rings. The summed E-state index contributed by atoms with van der Waals surface area (Å²) in [6, 6.07) is 18.4. The second kappa shape index (κ2) is 11.8. The summed E-state index contributed by atoms with van der Waals surface area (Å²) >= 11 is 0. The minimum absolute atomic E-state index is 0.0275. The minimum Gasteiger partial charge on any atom is -0.467 e. The molecule has 0 aliphatic carbocycles. The topological polar surface area (TPSA) is 109 Å². The van der Waals surface area contributed by atoms with Crippen molar-refractivity contribution in [2.24, 2.45) is 5.92 Å².